The number of hydrogen-bond acceptors (Lipinski definition) is 4. The van der Waals surface area contributed by atoms with E-state index in [1.807, 2.05) is 30.3 Å². The number of carbonyl (C=O) groups is 1. The molecule has 1 aliphatic heterocycles. The van der Waals surface area contributed by atoms with E-state index in [2.05, 4.69) is 14.5 Å². The van der Waals surface area contributed by atoms with Gasteiger partial charge in [0, 0.05) is 46.8 Å². The molecule has 5 nitrogen and oxygen atoms in total. The number of halogens is 3. The first-order valence-corrected chi connectivity index (χ1v) is 9.80. The number of ether oxygens (including phenoxy) is 1. The normalized spacial score (nSPS) is 16.8. The Kier molecular flexibility index (Phi) is 6.99. The molecule has 0 spiro atoms. The summed E-state index contributed by atoms with van der Waals surface area (Å²) in [7, 11) is 3.53. The van der Waals surface area contributed by atoms with Crippen LogP contribution in [0.4, 0.5) is 13.2 Å². The Bertz CT molecular complexity index is 818. The molecule has 1 fully saturated rings. The van der Waals surface area contributed by atoms with Gasteiger partial charge in [0.15, 0.2) is 0 Å². The van der Waals surface area contributed by atoms with E-state index in [1.165, 1.54) is 12.1 Å². The van der Waals surface area contributed by atoms with E-state index in [-0.39, 0.29) is 17.7 Å². The van der Waals surface area contributed by atoms with E-state index < -0.39 is 6.36 Å². The minimum atomic E-state index is -4.68. The molecule has 1 heterocycles. The van der Waals surface area contributed by atoms with Crippen LogP contribution in [0.25, 0.3) is 0 Å². The average Bonchev–Trinajstić information content (AvgIpc) is 2.70. The summed E-state index contributed by atoms with van der Waals surface area (Å²) < 4.78 is 40.8. The van der Waals surface area contributed by atoms with Gasteiger partial charge in [-0.1, -0.05) is 42.5 Å². The minimum Gasteiger partial charge on any atom is -0.406 e. The highest BCUT2D eigenvalue weighted by Gasteiger charge is 2.32. The molecule has 0 saturated carbocycles. The fourth-order valence-electron chi connectivity index (χ4n) is 3.62. The van der Waals surface area contributed by atoms with Gasteiger partial charge in [0.1, 0.15) is 11.8 Å². The predicted molar refractivity (Wildman–Crippen MR) is 108 cm³/mol. The molecular weight excluding hydrogens is 395 g/mol. The molecule has 0 bridgehead atoms. The highest BCUT2D eigenvalue weighted by molar-refractivity contribution is 5.82. The van der Waals surface area contributed by atoms with Gasteiger partial charge in [0.05, 0.1) is 0 Å². The summed E-state index contributed by atoms with van der Waals surface area (Å²) >= 11 is 0. The fraction of sp³-hybridized carbons (Fsp3) is 0.409. The minimum absolute atomic E-state index is 0.0508. The highest BCUT2D eigenvalue weighted by atomic mass is 19.4. The van der Waals surface area contributed by atoms with Gasteiger partial charge in [-0.15, -0.1) is 13.2 Å². The second-order valence-corrected chi connectivity index (χ2v) is 7.55. The van der Waals surface area contributed by atoms with Gasteiger partial charge in [-0.3, -0.25) is 14.6 Å². The maximum atomic E-state index is 12.8. The second-order valence-electron chi connectivity index (χ2n) is 7.55. The third-order valence-corrected chi connectivity index (χ3v) is 5.13. The number of amides is 1. The lowest BCUT2D eigenvalue weighted by Crippen LogP contribution is -2.50. The molecule has 162 valence electrons. The van der Waals surface area contributed by atoms with Crippen molar-refractivity contribution in [2.75, 3.05) is 40.3 Å². The predicted octanol–water partition coefficient (Wildman–Crippen LogP) is 3.53. The number of carbonyl (C=O) groups excluding carboxylic acids is 1. The number of nitrogens with zero attached hydrogens (tertiary/aromatic N) is 3. The van der Waals surface area contributed by atoms with Crippen molar-refractivity contribution in [1.29, 1.82) is 0 Å². The molecule has 30 heavy (non-hydrogen) atoms. The van der Waals surface area contributed by atoms with Gasteiger partial charge < -0.3 is 9.64 Å². The molecule has 1 aliphatic rings. The van der Waals surface area contributed by atoms with Crippen LogP contribution in [0.1, 0.15) is 17.2 Å². The van der Waals surface area contributed by atoms with Crippen molar-refractivity contribution in [2.24, 2.45) is 0 Å². The molecule has 0 aliphatic carbocycles. The van der Waals surface area contributed by atoms with Crippen LogP contribution in [0.3, 0.4) is 0 Å². The lowest BCUT2D eigenvalue weighted by molar-refractivity contribution is -0.274. The monoisotopic (exact) mass is 421 g/mol. The molecule has 8 heteroatoms. The van der Waals surface area contributed by atoms with Gasteiger partial charge in [-0.05, 0) is 23.3 Å². The van der Waals surface area contributed by atoms with Crippen LogP contribution >= 0.6 is 0 Å². The van der Waals surface area contributed by atoms with Crippen LogP contribution in [0.15, 0.2) is 54.6 Å². The van der Waals surface area contributed by atoms with E-state index in [9.17, 15) is 18.0 Å². The Balaban J connectivity index is 1.60. The smallest absolute Gasteiger partial charge is 0.406 e. The summed E-state index contributed by atoms with van der Waals surface area (Å²) in [4.78, 5) is 18.9. The molecule has 2 aromatic carbocycles. The molecule has 0 N–H and O–H groups in total. The van der Waals surface area contributed by atoms with Crippen molar-refractivity contribution < 1.29 is 22.7 Å². The van der Waals surface area contributed by atoms with Crippen molar-refractivity contribution in [1.82, 2.24) is 14.7 Å². The second kappa shape index (κ2) is 9.49. The third kappa shape index (κ3) is 5.96. The van der Waals surface area contributed by atoms with Crippen molar-refractivity contribution in [3.63, 3.8) is 0 Å². The largest absolute Gasteiger partial charge is 0.573 e. The van der Waals surface area contributed by atoms with E-state index in [0.29, 0.717) is 6.54 Å². The molecule has 1 saturated heterocycles. The van der Waals surface area contributed by atoms with Crippen molar-refractivity contribution >= 4 is 5.91 Å². The molecule has 1 atom stereocenters. The van der Waals surface area contributed by atoms with Gasteiger partial charge in [-0.2, -0.15) is 0 Å². The first-order valence-electron chi connectivity index (χ1n) is 9.80. The Morgan fingerprint density at radius 3 is 2.13 bits per heavy atom. The zero-order valence-electron chi connectivity index (χ0n) is 17.1. The van der Waals surface area contributed by atoms with Gasteiger partial charge >= 0.3 is 6.36 Å². The Hall–Kier alpha value is -2.58. The summed E-state index contributed by atoms with van der Waals surface area (Å²) in [5.74, 6) is -0.168. The highest BCUT2D eigenvalue weighted by Crippen LogP contribution is 2.26. The molecule has 0 radical (unpaired) electrons. The average molecular weight is 421 g/mol. The van der Waals surface area contributed by atoms with Crippen LogP contribution in [0.5, 0.6) is 5.75 Å². The van der Waals surface area contributed by atoms with Crippen LogP contribution in [0, 0.1) is 0 Å². The van der Waals surface area contributed by atoms with Crippen molar-refractivity contribution in [3.8, 4) is 5.75 Å². The molecule has 1 amide bonds. The third-order valence-electron chi connectivity index (χ3n) is 5.13. The van der Waals surface area contributed by atoms with Gasteiger partial charge in [0.25, 0.3) is 0 Å². The van der Waals surface area contributed by atoms with E-state index in [1.54, 1.807) is 31.1 Å². The molecule has 3 rings (SSSR count). The van der Waals surface area contributed by atoms with Gasteiger partial charge in [-0.25, -0.2) is 0 Å². The Labute approximate surface area is 174 Å². The van der Waals surface area contributed by atoms with Crippen molar-refractivity contribution in [2.45, 2.75) is 18.9 Å². The zero-order valence-corrected chi connectivity index (χ0v) is 17.1. The SMILES string of the molecule is CN(C)C(=O)C(c1ccccc1)N1CCN(Cc2ccc(OC(F)(F)F)cc2)CC1. The summed E-state index contributed by atoms with van der Waals surface area (Å²) in [5.41, 5.74) is 1.90. The lowest BCUT2D eigenvalue weighted by Gasteiger charge is -2.39. The number of likely N-dealkylation sites (N-methyl/N-ethyl adjacent to an activating group) is 1. The summed E-state index contributed by atoms with van der Waals surface area (Å²) in [5, 5.41) is 0. The topological polar surface area (TPSA) is 36.0 Å². The van der Waals surface area contributed by atoms with Crippen LogP contribution in [0.2, 0.25) is 0 Å². The molecular formula is C22H26F3N3O2. The van der Waals surface area contributed by atoms with Gasteiger partial charge in [0.2, 0.25) is 5.91 Å². The Morgan fingerprint density at radius 2 is 1.60 bits per heavy atom. The zero-order chi connectivity index (χ0) is 21.7. The van der Waals surface area contributed by atoms with Crippen LogP contribution in [-0.4, -0.2) is 67.2 Å². The van der Waals surface area contributed by atoms with Crippen LogP contribution in [-0.2, 0) is 11.3 Å². The van der Waals surface area contributed by atoms with Crippen molar-refractivity contribution in [3.05, 3.63) is 65.7 Å². The maximum absolute atomic E-state index is 12.8. The molecule has 2 aromatic rings. The molecule has 1 unspecified atom stereocenters. The fourth-order valence-corrected chi connectivity index (χ4v) is 3.62. The summed E-state index contributed by atoms with van der Waals surface area (Å²) in [6.07, 6.45) is -4.68. The summed E-state index contributed by atoms with van der Waals surface area (Å²) in [6, 6.07) is 15.4. The number of alkyl halides is 3. The first kappa shape index (κ1) is 22.1. The number of hydrogen-bond donors (Lipinski definition) is 0. The van der Waals surface area contributed by atoms with E-state index >= 15 is 0 Å². The van der Waals surface area contributed by atoms with E-state index in [0.717, 1.165) is 37.3 Å². The number of rotatable bonds is 6. The molecule has 0 aromatic heterocycles. The number of piperazine rings is 1. The number of benzene rings is 2. The quantitative estimate of drug-likeness (QED) is 0.715. The van der Waals surface area contributed by atoms with Crippen LogP contribution < -0.4 is 4.74 Å². The first-order chi connectivity index (χ1) is 14.2. The summed E-state index contributed by atoms with van der Waals surface area (Å²) in [6.45, 7) is 3.64. The lowest BCUT2D eigenvalue weighted by atomic mass is 10.0. The maximum Gasteiger partial charge on any atom is 0.573 e. The standard InChI is InChI=1S/C22H26F3N3O2/c1-26(2)21(29)20(18-6-4-3-5-7-18)28-14-12-27(13-15-28)16-17-8-10-19(11-9-17)30-22(23,24)25/h3-11,20H,12-16H2,1-2H3. The van der Waals surface area contributed by atoms with E-state index in [4.69, 9.17) is 0 Å². The Morgan fingerprint density at radius 1 is 1.00 bits per heavy atom.